The topological polar surface area (TPSA) is 20.5 Å². The van der Waals surface area contributed by atoms with Crippen LogP contribution in [0.4, 0.5) is 0 Å². The van der Waals surface area contributed by atoms with E-state index < -0.39 is 0 Å². The molecule has 0 bridgehead atoms. The van der Waals surface area contributed by atoms with E-state index in [1.807, 2.05) is 24.4 Å². The normalized spacial score (nSPS) is 23.5. The highest BCUT2D eigenvalue weighted by Gasteiger charge is 2.27. The van der Waals surface area contributed by atoms with Gasteiger partial charge in [0.25, 0.3) is 0 Å². The molecule has 0 atom stereocenters. The largest absolute Gasteiger partial charge is 0.307 e. The smallest absolute Gasteiger partial charge is 0.137 e. The number of hydrogen-bond donors (Lipinski definition) is 0. The number of pyridine rings is 1. The molecule has 0 amide bonds. The molecule has 1 aliphatic carbocycles. The lowest BCUT2D eigenvalue weighted by atomic mass is 9.84. The lowest BCUT2D eigenvalue weighted by Gasteiger charge is -2.33. The number of rotatable bonds is 4. The fourth-order valence-electron chi connectivity index (χ4n) is 2.65. The van der Waals surface area contributed by atoms with Crippen molar-refractivity contribution in [2.45, 2.75) is 24.8 Å². The molecule has 3 rings (SSSR count). The Morgan fingerprint density at radius 2 is 2.28 bits per heavy atom. The van der Waals surface area contributed by atoms with E-state index in [2.05, 4.69) is 27.5 Å². The molecule has 0 spiro atoms. The van der Waals surface area contributed by atoms with Crippen molar-refractivity contribution in [2.24, 2.45) is 5.92 Å². The van der Waals surface area contributed by atoms with Crippen molar-refractivity contribution in [1.29, 1.82) is 0 Å². The molecule has 0 aromatic carbocycles. The first-order chi connectivity index (χ1) is 8.70. The summed E-state index contributed by atoms with van der Waals surface area (Å²) in [6.45, 7) is 2.03. The quantitative estimate of drug-likeness (QED) is 0.791. The molecule has 4 heteroatoms. The van der Waals surface area contributed by atoms with Crippen LogP contribution in [0.25, 0.3) is 5.65 Å². The van der Waals surface area contributed by atoms with Crippen LogP contribution in [0, 0.1) is 5.92 Å². The molecule has 0 unspecified atom stereocenters. The third-order valence-corrected chi connectivity index (χ3v) is 3.95. The van der Waals surface area contributed by atoms with Crippen LogP contribution in [0.15, 0.2) is 30.6 Å². The summed E-state index contributed by atoms with van der Waals surface area (Å²) in [6.07, 6.45) is 6.47. The lowest BCUT2D eigenvalue weighted by Crippen LogP contribution is -2.34. The van der Waals surface area contributed by atoms with Crippen molar-refractivity contribution in [1.82, 2.24) is 14.3 Å². The molecular formula is C14H18ClN3. The van der Waals surface area contributed by atoms with Crippen LogP contribution in [-0.2, 0) is 6.54 Å². The number of aromatic nitrogens is 2. The van der Waals surface area contributed by atoms with Crippen LogP contribution >= 0.6 is 11.6 Å². The molecule has 1 saturated carbocycles. The molecule has 1 fully saturated rings. The van der Waals surface area contributed by atoms with Gasteiger partial charge in [-0.1, -0.05) is 6.07 Å². The highest BCUT2D eigenvalue weighted by molar-refractivity contribution is 6.21. The van der Waals surface area contributed by atoms with E-state index in [1.165, 1.54) is 0 Å². The molecule has 2 heterocycles. The van der Waals surface area contributed by atoms with Gasteiger partial charge >= 0.3 is 0 Å². The SMILES string of the molecule is CN(Cc1cn2ccccc2n1)CC1CC(Cl)C1. The summed E-state index contributed by atoms with van der Waals surface area (Å²) in [5.74, 6) is 0.773. The van der Waals surface area contributed by atoms with E-state index in [0.717, 1.165) is 43.2 Å². The monoisotopic (exact) mass is 263 g/mol. The molecule has 1 aliphatic rings. The zero-order chi connectivity index (χ0) is 12.5. The van der Waals surface area contributed by atoms with Crippen LogP contribution in [0.5, 0.6) is 0 Å². The Bertz CT molecular complexity index is 498. The summed E-state index contributed by atoms with van der Waals surface area (Å²) >= 11 is 6.01. The third-order valence-electron chi connectivity index (χ3n) is 3.59. The minimum absolute atomic E-state index is 0.415. The minimum atomic E-state index is 0.415. The Labute approximate surface area is 112 Å². The first-order valence-corrected chi connectivity index (χ1v) is 6.89. The maximum atomic E-state index is 6.01. The lowest BCUT2D eigenvalue weighted by molar-refractivity contribution is 0.203. The Kier molecular flexibility index (Phi) is 3.27. The summed E-state index contributed by atoms with van der Waals surface area (Å²) in [5.41, 5.74) is 2.15. The molecule has 18 heavy (non-hydrogen) atoms. The van der Waals surface area contributed by atoms with E-state index in [-0.39, 0.29) is 0 Å². The maximum absolute atomic E-state index is 6.01. The maximum Gasteiger partial charge on any atom is 0.137 e. The summed E-state index contributed by atoms with van der Waals surface area (Å²) in [5, 5.41) is 0.415. The molecule has 96 valence electrons. The molecular weight excluding hydrogens is 246 g/mol. The van der Waals surface area contributed by atoms with Crippen molar-refractivity contribution in [3.8, 4) is 0 Å². The van der Waals surface area contributed by atoms with Crippen LogP contribution in [0.2, 0.25) is 0 Å². The van der Waals surface area contributed by atoms with Gasteiger partial charge in [-0.25, -0.2) is 4.98 Å². The fraction of sp³-hybridized carbons (Fsp3) is 0.500. The van der Waals surface area contributed by atoms with Gasteiger partial charge in [0, 0.05) is 30.9 Å². The van der Waals surface area contributed by atoms with Gasteiger partial charge in [-0.2, -0.15) is 0 Å². The highest BCUT2D eigenvalue weighted by Crippen LogP contribution is 2.32. The number of fused-ring (bicyclic) bond motifs is 1. The molecule has 0 N–H and O–H groups in total. The van der Waals surface area contributed by atoms with Gasteiger partial charge in [0.15, 0.2) is 0 Å². The van der Waals surface area contributed by atoms with Crippen molar-refractivity contribution in [3.05, 3.63) is 36.3 Å². The van der Waals surface area contributed by atoms with E-state index in [9.17, 15) is 0 Å². The first kappa shape index (κ1) is 12.0. The Morgan fingerprint density at radius 3 is 3.00 bits per heavy atom. The molecule has 0 saturated heterocycles. The van der Waals surface area contributed by atoms with Gasteiger partial charge in [-0.15, -0.1) is 11.6 Å². The highest BCUT2D eigenvalue weighted by atomic mass is 35.5. The first-order valence-electron chi connectivity index (χ1n) is 6.46. The van der Waals surface area contributed by atoms with Crippen molar-refractivity contribution < 1.29 is 0 Å². The Balaban J connectivity index is 1.61. The van der Waals surface area contributed by atoms with Crippen molar-refractivity contribution in [2.75, 3.05) is 13.6 Å². The second kappa shape index (κ2) is 4.90. The molecule has 3 nitrogen and oxygen atoms in total. The third kappa shape index (κ3) is 2.52. The van der Waals surface area contributed by atoms with Crippen molar-refractivity contribution in [3.63, 3.8) is 0 Å². The summed E-state index contributed by atoms with van der Waals surface area (Å²) in [7, 11) is 2.16. The summed E-state index contributed by atoms with van der Waals surface area (Å²) in [4.78, 5) is 6.96. The van der Waals surface area contributed by atoms with E-state index in [1.54, 1.807) is 0 Å². The molecule has 2 aromatic heterocycles. The number of alkyl halides is 1. The number of halogens is 1. The number of hydrogen-bond acceptors (Lipinski definition) is 2. The fourth-order valence-corrected chi connectivity index (χ4v) is 3.15. The van der Waals surface area contributed by atoms with Gasteiger partial charge in [0.05, 0.1) is 5.69 Å². The average molecular weight is 264 g/mol. The van der Waals surface area contributed by atoms with E-state index in [0.29, 0.717) is 5.38 Å². The summed E-state index contributed by atoms with van der Waals surface area (Å²) in [6, 6.07) is 6.08. The van der Waals surface area contributed by atoms with E-state index >= 15 is 0 Å². The molecule has 0 aliphatic heterocycles. The molecule has 0 radical (unpaired) electrons. The predicted molar refractivity (Wildman–Crippen MR) is 73.9 cm³/mol. The molecule has 2 aromatic rings. The van der Waals surface area contributed by atoms with Crippen LogP contribution in [0.1, 0.15) is 18.5 Å². The van der Waals surface area contributed by atoms with Gasteiger partial charge in [-0.3, -0.25) is 0 Å². The second-order valence-electron chi connectivity index (χ2n) is 5.33. The van der Waals surface area contributed by atoms with Gasteiger partial charge in [0.2, 0.25) is 0 Å². The average Bonchev–Trinajstić information content (AvgIpc) is 2.68. The van der Waals surface area contributed by atoms with E-state index in [4.69, 9.17) is 11.6 Å². The number of imidazole rings is 1. The second-order valence-corrected chi connectivity index (χ2v) is 5.95. The van der Waals surface area contributed by atoms with Gasteiger partial charge < -0.3 is 9.30 Å². The van der Waals surface area contributed by atoms with Crippen LogP contribution in [-0.4, -0.2) is 33.3 Å². The van der Waals surface area contributed by atoms with Gasteiger partial charge in [0.1, 0.15) is 5.65 Å². The van der Waals surface area contributed by atoms with Crippen LogP contribution < -0.4 is 0 Å². The predicted octanol–water partition coefficient (Wildman–Crippen LogP) is 2.78. The zero-order valence-corrected chi connectivity index (χ0v) is 11.3. The van der Waals surface area contributed by atoms with Gasteiger partial charge in [-0.05, 0) is 37.9 Å². The zero-order valence-electron chi connectivity index (χ0n) is 10.6. The minimum Gasteiger partial charge on any atom is -0.307 e. The Hall–Kier alpha value is -1.06. The Morgan fingerprint density at radius 1 is 1.44 bits per heavy atom. The van der Waals surface area contributed by atoms with Crippen molar-refractivity contribution >= 4 is 17.2 Å². The number of nitrogens with zero attached hydrogens (tertiary/aromatic N) is 3. The van der Waals surface area contributed by atoms with Crippen LogP contribution in [0.3, 0.4) is 0 Å². The summed E-state index contributed by atoms with van der Waals surface area (Å²) < 4.78 is 2.07. The standard InChI is InChI=1S/C14H18ClN3/c1-17(8-11-6-12(15)7-11)9-13-10-18-5-3-2-4-14(18)16-13/h2-5,10-12H,6-9H2,1H3.